The van der Waals surface area contributed by atoms with Crippen molar-refractivity contribution in [1.82, 2.24) is 4.57 Å². The van der Waals surface area contributed by atoms with Crippen LogP contribution in [-0.2, 0) is 4.79 Å². The highest BCUT2D eigenvalue weighted by molar-refractivity contribution is 6.32. The minimum Gasteiger partial charge on any atom is -0.309 e. The number of benzene rings is 4. The lowest BCUT2D eigenvalue weighted by Crippen LogP contribution is -2.21. The van der Waals surface area contributed by atoms with Crippen molar-refractivity contribution < 1.29 is 4.79 Å². The zero-order valence-electron chi connectivity index (χ0n) is 20.8. The lowest BCUT2D eigenvalue weighted by atomic mass is 10.0. The van der Waals surface area contributed by atoms with E-state index in [1.165, 1.54) is 5.01 Å². The average molecular weight is 514 g/mol. The molecule has 0 aliphatic carbocycles. The maximum Gasteiger partial charge on any atom is 0.280 e. The summed E-state index contributed by atoms with van der Waals surface area (Å²) in [4.78, 5) is 13.6. The maximum absolute atomic E-state index is 13.6. The Kier molecular flexibility index (Phi) is 6.24. The first-order valence-corrected chi connectivity index (χ1v) is 12.8. The van der Waals surface area contributed by atoms with E-state index < -0.39 is 0 Å². The maximum atomic E-state index is 13.6. The van der Waals surface area contributed by atoms with Gasteiger partial charge in [-0.1, -0.05) is 90.5 Å². The first-order chi connectivity index (χ1) is 18.6. The quantitative estimate of drug-likeness (QED) is 0.218. The molecule has 5 heteroatoms. The Balaban J connectivity index is 1.59. The van der Waals surface area contributed by atoms with Crippen molar-refractivity contribution in [2.24, 2.45) is 5.10 Å². The van der Waals surface area contributed by atoms with E-state index in [0.29, 0.717) is 16.3 Å². The molecule has 0 spiro atoms. The fourth-order valence-electron chi connectivity index (χ4n) is 4.80. The van der Waals surface area contributed by atoms with Gasteiger partial charge in [0.05, 0.1) is 28.4 Å². The highest BCUT2D eigenvalue weighted by atomic mass is 35.5. The molecule has 6 rings (SSSR count). The lowest BCUT2D eigenvalue weighted by Gasteiger charge is -2.15. The van der Waals surface area contributed by atoms with E-state index >= 15 is 0 Å². The predicted octanol–water partition coefficient (Wildman–Crippen LogP) is 8.27. The Morgan fingerprint density at radius 2 is 1.29 bits per heavy atom. The van der Waals surface area contributed by atoms with E-state index in [-0.39, 0.29) is 5.91 Å². The predicted molar refractivity (Wildman–Crippen MR) is 157 cm³/mol. The van der Waals surface area contributed by atoms with Crippen LogP contribution in [-0.4, -0.2) is 16.2 Å². The summed E-state index contributed by atoms with van der Waals surface area (Å²) in [5.74, 6) is -0.145. The molecule has 1 aromatic heterocycles. The molecule has 0 saturated carbocycles. The van der Waals surface area contributed by atoms with Gasteiger partial charge >= 0.3 is 0 Å². The van der Waals surface area contributed by atoms with Crippen LogP contribution in [0.1, 0.15) is 12.5 Å². The van der Waals surface area contributed by atoms with Crippen LogP contribution in [0.3, 0.4) is 0 Å². The Morgan fingerprint density at radius 3 is 1.92 bits per heavy atom. The number of hydrogen-bond donors (Lipinski definition) is 0. The largest absolute Gasteiger partial charge is 0.309 e. The zero-order chi connectivity index (χ0) is 26.1. The third-order valence-electron chi connectivity index (χ3n) is 6.59. The SMILES string of the molecule is CC1=NN(c2ccccc2)C(=O)C1=Cc1cc(-c2ccccc2)n(-c2ccc(Cl)cc2)c1-c1ccccc1. The highest BCUT2D eigenvalue weighted by Crippen LogP contribution is 2.38. The number of rotatable bonds is 5. The first kappa shape index (κ1) is 23.7. The van der Waals surface area contributed by atoms with Crippen molar-refractivity contribution in [3.63, 3.8) is 0 Å². The van der Waals surface area contributed by atoms with E-state index in [0.717, 1.165) is 39.5 Å². The number of para-hydroxylation sites is 1. The fraction of sp³-hybridized carbons (Fsp3) is 0.0303. The molecule has 4 nitrogen and oxygen atoms in total. The van der Waals surface area contributed by atoms with Crippen molar-refractivity contribution in [3.05, 3.63) is 137 Å². The molecule has 0 unspecified atom stereocenters. The number of amides is 1. The molecule has 0 radical (unpaired) electrons. The minimum absolute atomic E-state index is 0.145. The number of carbonyl (C=O) groups excluding carboxylic acids is 1. The van der Waals surface area contributed by atoms with Gasteiger partial charge in [-0.25, -0.2) is 0 Å². The van der Waals surface area contributed by atoms with Crippen LogP contribution in [0.15, 0.2) is 132 Å². The summed E-state index contributed by atoms with van der Waals surface area (Å²) in [5.41, 5.74) is 8.00. The number of hydrazone groups is 1. The van der Waals surface area contributed by atoms with Crippen LogP contribution in [0.2, 0.25) is 5.02 Å². The number of carbonyl (C=O) groups is 1. The van der Waals surface area contributed by atoms with E-state index in [9.17, 15) is 4.79 Å². The van der Waals surface area contributed by atoms with Gasteiger partial charge in [-0.15, -0.1) is 0 Å². The Labute approximate surface area is 226 Å². The summed E-state index contributed by atoms with van der Waals surface area (Å²) in [5, 5.41) is 6.73. The van der Waals surface area contributed by atoms with Crippen molar-refractivity contribution in [2.45, 2.75) is 6.92 Å². The molecule has 0 atom stereocenters. The number of halogens is 1. The van der Waals surface area contributed by atoms with Crippen LogP contribution < -0.4 is 5.01 Å². The summed E-state index contributed by atoms with van der Waals surface area (Å²) in [6.07, 6.45) is 1.96. The van der Waals surface area contributed by atoms with Gasteiger partial charge < -0.3 is 4.57 Å². The standard InChI is InChI=1S/C33H24ClN3O/c1-23-30(33(38)37(35-23)29-15-9-4-10-16-29)21-26-22-31(24-11-5-2-6-12-24)36(28-19-17-27(34)18-20-28)32(26)25-13-7-3-8-14-25/h2-22H,1H3. The Hall–Kier alpha value is -4.67. The molecule has 4 aromatic carbocycles. The summed E-state index contributed by atoms with van der Waals surface area (Å²) >= 11 is 6.25. The summed E-state index contributed by atoms with van der Waals surface area (Å²) in [6.45, 7) is 1.88. The molecular formula is C33H24ClN3O. The number of anilines is 1. The van der Waals surface area contributed by atoms with Gasteiger partial charge in [-0.05, 0) is 66.6 Å². The lowest BCUT2D eigenvalue weighted by molar-refractivity contribution is -0.114. The average Bonchev–Trinajstić information content (AvgIpc) is 3.48. The molecule has 1 amide bonds. The van der Waals surface area contributed by atoms with Crippen LogP contribution in [0, 0.1) is 0 Å². The summed E-state index contributed by atoms with van der Waals surface area (Å²) in [7, 11) is 0. The molecule has 1 aliphatic heterocycles. The van der Waals surface area contributed by atoms with Gasteiger partial charge in [0.15, 0.2) is 0 Å². The van der Waals surface area contributed by atoms with Crippen molar-refractivity contribution in [2.75, 3.05) is 5.01 Å². The molecule has 184 valence electrons. The van der Waals surface area contributed by atoms with Crippen molar-refractivity contribution in [3.8, 4) is 28.2 Å². The molecule has 1 aliphatic rings. The molecule has 5 aromatic rings. The van der Waals surface area contributed by atoms with E-state index in [1.54, 1.807) is 0 Å². The second-order valence-corrected chi connectivity index (χ2v) is 9.51. The van der Waals surface area contributed by atoms with Crippen molar-refractivity contribution in [1.29, 1.82) is 0 Å². The van der Waals surface area contributed by atoms with Gasteiger partial charge in [-0.2, -0.15) is 10.1 Å². The Morgan fingerprint density at radius 1 is 0.711 bits per heavy atom. The van der Waals surface area contributed by atoms with Gasteiger partial charge in [-0.3, -0.25) is 4.79 Å². The third-order valence-corrected chi connectivity index (χ3v) is 6.85. The third kappa shape index (κ3) is 4.36. The monoisotopic (exact) mass is 513 g/mol. The Bertz CT molecular complexity index is 1670. The number of nitrogens with zero attached hydrogens (tertiary/aromatic N) is 3. The second kappa shape index (κ2) is 10.0. The molecule has 2 heterocycles. The summed E-state index contributed by atoms with van der Waals surface area (Å²) in [6, 6.07) is 40.0. The van der Waals surface area contributed by atoms with Gasteiger partial charge in [0, 0.05) is 16.3 Å². The minimum atomic E-state index is -0.145. The van der Waals surface area contributed by atoms with Gasteiger partial charge in [0.2, 0.25) is 0 Å². The van der Waals surface area contributed by atoms with E-state index in [1.807, 2.05) is 104 Å². The molecule has 0 N–H and O–H groups in total. The molecular weight excluding hydrogens is 490 g/mol. The van der Waals surface area contributed by atoms with E-state index in [2.05, 4.69) is 40.0 Å². The first-order valence-electron chi connectivity index (χ1n) is 12.4. The molecule has 0 fully saturated rings. The smallest absolute Gasteiger partial charge is 0.280 e. The van der Waals surface area contributed by atoms with E-state index in [4.69, 9.17) is 11.6 Å². The van der Waals surface area contributed by atoms with Crippen LogP contribution in [0.4, 0.5) is 5.69 Å². The van der Waals surface area contributed by atoms with Crippen molar-refractivity contribution >= 4 is 35.0 Å². The van der Waals surface area contributed by atoms with Crippen LogP contribution in [0.25, 0.3) is 34.3 Å². The zero-order valence-corrected chi connectivity index (χ0v) is 21.5. The second-order valence-electron chi connectivity index (χ2n) is 9.07. The van der Waals surface area contributed by atoms with Gasteiger partial charge in [0.1, 0.15) is 0 Å². The molecule has 0 saturated heterocycles. The van der Waals surface area contributed by atoms with Gasteiger partial charge in [0.25, 0.3) is 5.91 Å². The normalized spacial score (nSPS) is 14.3. The molecule has 0 bridgehead atoms. The summed E-state index contributed by atoms with van der Waals surface area (Å²) < 4.78 is 2.23. The molecule has 38 heavy (non-hydrogen) atoms. The highest BCUT2D eigenvalue weighted by Gasteiger charge is 2.29. The van der Waals surface area contributed by atoms with Crippen LogP contribution in [0.5, 0.6) is 0 Å². The number of hydrogen-bond acceptors (Lipinski definition) is 2. The fourth-order valence-corrected chi connectivity index (χ4v) is 4.92. The topological polar surface area (TPSA) is 37.6 Å². The number of aromatic nitrogens is 1. The van der Waals surface area contributed by atoms with Crippen LogP contribution >= 0.6 is 11.6 Å².